The molecule has 0 aliphatic rings. The highest BCUT2D eigenvalue weighted by molar-refractivity contribution is 6.33. The average Bonchev–Trinajstić information content (AvgIpc) is 2.35. The van der Waals surface area contributed by atoms with Crippen molar-refractivity contribution in [2.75, 3.05) is 19.0 Å². The van der Waals surface area contributed by atoms with E-state index in [9.17, 15) is 4.79 Å². The molecule has 0 radical (unpaired) electrons. The summed E-state index contributed by atoms with van der Waals surface area (Å²) in [5, 5.41) is 12.2. The van der Waals surface area contributed by atoms with Crippen LogP contribution in [-0.2, 0) is 9.53 Å². The predicted molar refractivity (Wildman–Crippen MR) is 65.8 cm³/mol. The number of nitrogens with one attached hydrogen (secondary N) is 1. The van der Waals surface area contributed by atoms with Crippen LogP contribution in [0.5, 0.6) is 0 Å². The number of halogens is 1. The zero-order valence-corrected chi connectivity index (χ0v) is 10.4. The fourth-order valence-electron chi connectivity index (χ4n) is 1.28. The van der Waals surface area contributed by atoms with E-state index in [-0.39, 0.29) is 11.9 Å². The van der Waals surface area contributed by atoms with Crippen LogP contribution in [0.3, 0.4) is 0 Å². The predicted octanol–water partition coefficient (Wildman–Crippen LogP) is 2.43. The number of hydrogen-bond acceptors (Lipinski definition) is 4. The van der Waals surface area contributed by atoms with Gasteiger partial charge in [-0.1, -0.05) is 18.5 Å². The fourth-order valence-corrected chi connectivity index (χ4v) is 1.52. The number of hydrogen-bond donors (Lipinski definition) is 1. The number of esters is 1. The summed E-state index contributed by atoms with van der Waals surface area (Å²) in [5.41, 5.74) is 1.20. The van der Waals surface area contributed by atoms with Crippen molar-refractivity contribution in [3.63, 3.8) is 0 Å². The summed E-state index contributed by atoms with van der Waals surface area (Å²) in [6, 6.07) is 6.95. The maximum Gasteiger partial charge on any atom is 0.310 e. The van der Waals surface area contributed by atoms with Crippen LogP contribution in [0.2, 0.25) is 5.02 Å². The number of methoxy groups -OCH3 is 1. The normalized spacial score (nSPS) is 11.4. The molecule has 1 atom stereocenters. The summed E-state index contributed by atoms with van der Waals surface area (Å²) in [6.45, 7) is 2.19. The number of carbonyl (C=O) groups excluding carboxylic acids is 1. The Balaban J connectivity index is 2.64. The van der Waals surface area contributed by atoms with Crippen LogP contribution < -0.4 is 5.32 Å². The highest BCUT2D eigenvalue weighted by Gasteiger charge is 2.13. The summed E-state index contributed by atoms with van der Waals surface area (Å²) in [5.74, 6) is -0.533. The maximum atomic E-state index is 11.2. The van der Waals surface area contributed by atoms with E-state index in [1.54, 1.807) is 25.1 Å². The summed E-state index contributed by atoms with van der Waals surface area (Å²) < 4.78 is 4.61. The van der Waals surface area contributed by atoms with Crippen LogP contribution in [-0.4, -0.2) is 19.6 Å². The van der Waals surface area contributed by atoms with E-state index in [1.165, 1.54) is 7.11 Å². The van der Waals surface area contributed by atoms with Gasteiger partial charge in [-0.2, -0.15) is 5.26 Å². The minimum Gasteiger partial charge on any atom is -0.469 e. The first-order valence-corrected chi connectivity index (χ1v) is 5.47. The lowest BCUT2D eigenvalue weighted by atomic mass is 10.1. The molecular formula is C12H13ClN2O2. The smallest absolute Gasteiger partial charge is 0.310 e. The Labute approximate surface area is 105 Å². The van der Waals surface area contributed by atoms with Crippen LogP contribution in [0.25, 0.3) is 0 Å². The molecule has 0 bridgehead atoms. The van der Waals surface area contributed by atoms with Crippen molar-refractivity contribution in [2.45, 2.75) is 6.92 Å². The van der Waals surface area contributed by atoms with Gasteiger partial charge in [0.15, 0.2) is 0 Å². The molecule has 0 aliphatic heterocycles. The van der Waals surface area contributed by atoms with Crippen LogP contribution in [0.15, 0.2) is 18.2 Å². The second kappa shape index (κ2) is 6.12. The molecule has 5 heteroatoms. The number of rotatable bonds is 4. The van der Waals surface area contributed by atoms with Crippen molar-refractivity contribution < 1.29 is 9.53 Å². The molecule has 1 rings (SSSR count). The zero-order chi connectivity index (χ0) is 12.8. The standard InChI is InChI=1S/C12H13ClN2O2/c1-8(12(16)17-2)7-15-11-4-3-9(6-14)5-10(11)13/h3-5,8,15H,7H2,1-2H3. The van der Waals surface area contributed by atoms with Gasteiger partial charge in [-0.3, -0.25) is 4.79 Å². The minimum atomic E-state index is -0.276. The first-order valence-electron chi connectivity index (χ1n) is 5.09. The fraction of sp³-hybridized carbons (Fsp3) is 0.333. The lowest BCUT2D eigenvalue weighted by molar-refractivity contribution is -0.144. The van der Waals surface area contributed by atoms with Crippen molar-refractivity contribution in [1.82, 2.24) is 0 Å². The number of anilines is 1. The van der Waals surface area contributed by atoms with Crippen LogP contribution in [0.4, 0.5) is 5.69 Å². The van der Waals surface area contributed by atoms with Gasteiger partial charge in [0.2, 0.25) is 0 Å². The van der Waals surface area contributed by atoms with Gasteiger partial charge in [0.25, 0.3) is 0 Å². The Morgan fingerprint density at radius 1 is 1.65 bits per heavy atom. The third-order valence-electron chi connectivity index (χ3n) is 2.30. The summed E-state index contributed by atoms with van der Waals surface area (Å²) in [4.78, 5) is 11.2. The summed E-state index contributed by atoms with van der Waals surface area (Å²) in [7, 11) is 1.35. The lowest BCUT2D eigenvalue weighted by Gasteiger charge is -2.12. The molecule has 4 nitrogen and oxygen atoms in total. The summed E-state index contributed by atoms with van der Waals surface area (Å²) in [6.07, 6.45) is 0. The highest BCUT2D eigenvalue weighted by atomic mass is 35.5. The van der Waals surface area contributed by atoms with Gasteiger partial charge in [0, 0.05) is 6.54 Å². The maximum absolute atomic E-state index is 11.2. The Morgan fingerprint density at radius 2 is 2.35 bits per heavy atom. The first kappa shape index (κ1) is 13.3. The molecule has 0 heterocycles. The van der Waals surface area contributed by atoms with E-state index < -0.39 is 0 Å². The van der Waals surface area contributed by atoms with Crippen molar-refractivity contribution >= 4 is 23.3 Å². The third kappa shape index (κ3) is 3.65. The minimum absolute atomic E-state index is 0.258. The van der Waals surface area contributed by atoms with Gasteiger partial charge >= 0.3 is 5.97 Å². The van der Waals surface area contributed by atoms with Gasteiger partial charge < -0.3 is 10.1 Å². The molecule has 0 saturated carbocycles. The molecule has 0 amide bonds. The molecular weight excluding hydrogens is 240 g/mol. The first-order chi connectivity index (χ1) is 8.08. The Bertz CT molecular complexity index is 454. The number of benzene rings is 1. The molecule has 1 N–H and O–H groups in total. The number of nitrogens with zero attached hydrogens (tertiary/aromatic N) is 1. The second-order valence-electron chi connectivity index (χ2n) is 3.61. The van der Waals surface area contributed by atoms with E-state index in [1.807, 2.05) is 6.07 Å². The van der Waals surface area contributed by atoms with Gasteiger partial charge in [-0.05, 0) is 18.2 Å². The summed E-state index contributed by atoms with van der Waals surface area (Å²) >= 11 is 5.98. The Hall–Kier alpha value is -1.73. The average molecular weight is 253 g/mol. The molecule has 0 fully saturated rings. The molecule has 0 aliphatic carbocycles. The van der Waals surface area contributed by atoms with Crippen molar-refractivity contribution in [1.29, 1.82) is 5.26 Å². The SMILES string of the molecule is COC(=O)C(C)CNc1ccc(C#N)cc1Cl. The number of carbonyl (C=O) groups is 1. The zero-order valence-electron chi connectivity index (χ0n) is 9.66. The lowest BCUT2D eigenvalue weighted by Crippen LogP contribution is -2.21. The van der Waals surface area contributed by atoms with E-state index in [0.717, 1.165) is 0 Å². The van der Waals surface area contributed by atoms with Gasteiger partial charge in [-0.25, -0.2) is 0 Å². The Kier molecular flexibility index (Phi) is 4.80. The van der Waals surface area contributed by atoms with E-state index in [4.69, 9.17) is 16.9 Å². The molecule has 17 heavy (non-hydrogen) atoms. The number of ether oxygens (including phenoxy) is 1. The molecule has 1 aromatic carbocycles. The molecule has 1 unspecified atom stereocenters. The van der Waals surface area contributed by atoms with E-state index in [0.29, 0.717) is 22.8 Å². The largest absolute Gasteiger partial charge is 0.469 e. The molecule has 0 saturated heterocycles. The molecule has 0 spiro atoms. The van der Waals surface area contributed by atoms with E-state index >= 15 is 0 Å². The van der Waals surface area contributed by atoms with Crippen LogP contribution in [0.1, 0.15) is 12.5 Å². The molecule has 90 valence electrons. The third-order valence-corrected chi connectivity index (χ3v) is 2.61. The quantitative estimate of drug-likeness (QED) is 0.836. The van der Waals surface area contributed by atoms with Gasteiger partial charge in [0.1, 0.15) is 0 Å². The second-order valence-corrected chi connectivity index (χ2v) is 4.02. The monoisotopic (exact) mass is 252 g/mol. The molecule has 0 aromatic heterocycles. The van der Waals surface area contributed by atoms with Crippen LogP contribution in [0, 0.1) is 17.2 Å². The molecule has 1 aromatic rings. The topological polar surface area (TPSA) is 62.1 Å². The van der Waals surface area contributed by atoms with Gasteiger partial charge in [-0.15, -0.1) is 0 Å². The number of nitriles is 1. The Morgan fingerprint density at radius 3 is 2.88 bits per heavy atom. The van der Waals surface area contributed by atoms with E-state index in [2.05, 4.69) is 10.1 Å². The van der Waals surface area contributed by atoms with Crippen molar-refractivity contribution in [3.05, 3.63) is 28.8 Å². The van der Waals surface area contributed by atoms with Crippen molar-refractivity contribution in [2.24, 2.45) is 5.92 Å². The van der Waals surface area contributed by atoms with Crippen molar-refractivity contribution in [3.8, 4) is 6.07 Å². The van der Waals surface area contributed by atoms with Crippen LogP contribution >= 0.6 is 11.6 Å². The van der Waals surface area contributed by atoms with Gasteiger partial charge in [0.05, 0.1) is 35.4 Å². The highest BCUT2D eigenvalue weighted by Crippen LogP contribution is 2.22.